The standard InChI is InChI=1S/C21H26O2/c1-15(2)13-16-5-7-17(8-6-16)18-9-11-19(12-10-18)21(3,4)14-20(22)23/h5-12,15H,13-14H2,1-4H3,(H,22,23). The van der Waals surface area contributed by atoms with Gasteiger partial charge >= 0.3 is 5.97 Å². The molecule has 0 spiro atoms. The van der Waals surface area contributed by atoms with Gasteiger partial charge in [-0.3, -0.25) is 4.79 Å². The summed E-state index contributed by atoms with van der Waals surface area (Å²) in [6.07, 6.45) is 1.23. The van der Waals surface area contributed by atoms with Crippen LogP contribution in [0.1, 0.15) is 45.2 Å². The first-order valence-electron chi connectivity index (χ1n) is 8.19. The van der Waals surface area contributed by atoms with E-state index in [1.165, 1.54) is 11.1 Å². The van der Waals surface area contributed by atoms with Crippen molar-refractivity contribution in [3.05, 3.63) is 59.7 Å². The second-order valence-corrected chi connectivity index (χ2v) is 7.33. The summed E-state index contributed by atoms with van der Waals surface area (Å²) in [5.41, 5.74) is 4.42. The summed E-state index contributed by atoms with van der Waals surface area (Å²) in [5, 5.41) is 9.03. The molecule has 2 aromatic carbocycles. The van der Waals surface area contributed by atoms with Gasteiger partial charge in [-0.25, -0.2) is 0 Å². The smallest absolute Gasteiger partial charge is 0.304 e. The highest BCUT2D eigenvalue weighted by Crippen LogP contribution is 2.29. The zero-order valence-corrected chi connectivity index (χ0v) is 14.5. The minimum absolute atomic E-state index is 0.135. The molecule has 122 valence electrons. The second kappa shape index (κ2) is 6.99. The Morgan fingerprint density at radius 3 is 1.87 bits per heavy atom. The number of carboxylic acids is 1. The molecule has 0 aliphatic rings. The molecule has 0 heterocycles. The number of hydrogen-bond donors (Lipinski definition) is 1. The third kappa shape index (κ3) is 4.69. The van der Waals surface area contributed by atoms with Gasteiger partial charge in [-0.15, -0.1) is 0 Å². The van der Waals surface area contributed by atoms with Gasteiger partial charge in [0, 0.05) is 5.41 Å². The highest BCUT2D eigenvalue weighted by molar-refractivity contribution is 5.69. The Morgan fingerprint density at radius 2 is 1.43 bits per heavy atom. The normalized spacial score (nSPS) is 11.7. The Labute approximate surface area is 139 Å². The Balaban J connectivity index is 2.17. The van der Waals surface area contributed by atoms with Crippen LogP contribution < -0.4 is 0 Å². The van der Waals surface area contributed by atoms with Crippen molar-refractivity contribution in [1.82, 2.24) is 0 Å². The number of hydrogen-bond acceptors (Lipinski definition) is 1. The van der Waals surface area contributed by atoms with Crippen LogP contribution in [0.2, 0.25) is 0 Å². The molecule has 0 bridgehead atoms. The molecule has 2 rings (SSSR count). The molecule has 0 unspecified atom stereocenters. The predicted octanol–water partition coefficient (Wildman–Crippen LogP) is 5.30. The Bertz CT molecular complexity index is 649. The lowest BCUT2D eigenvalue weighted by molar-refractivity contribution is -0.138. The van der Waals surface area contributed by atoms with Crippen LogP contribution in [0.5, 0.6) is 0 Å². The molecule has 0 aliphatic heterocycles. The van der Waals surface area contributed by atoms with Gasteiger partial charge in [-0.2, -0.15) is 0 Å². The van der Waals surface area contributed by atoms with E-state index >= 15 is 0 Å². The van der Waals surface area contributed by atoms with Gasteiger partial charge in [0.15, 0.2) is 0 Å². The summed E-state index contributed by atoms with van der Waals surface area (Å²) < 4.78 is 0. The monoisotopic (exact) mass is 310 g/mol. The van der Waals surface area contributed by atoms with E-state index in [4.69, 9.17) is 5.11 Å². The Kier molecular flexibility index (Phi) is 5.25. The van der Waals surface area contributed by atoms with Crippen molar-refractivity contribution in [2.45, 2.75) is 46.0 Å². The van der Waals surface area contributed by atoms with Crippen molar-refractivity contribution in [2.75, 3.05) is 0 Å². The lowest BCUT2D eigenvalue weighted by Crippen LogP contribution is -2.21. The molecule has 2 aromatic rings. The van der Waals surface area contributed by atoms with Gasteiger partial charge in [0.2, 0.25) is 0 Å². The van der Waals surface area contributed by atoms with E-state index in [9.17, 15) is 4.79 Å². The number of benzene rings is 2. The first-order chi connectivity index (χ1) is 10.8. The summed E-state index contributed by atoms with van der Waals surface area (Å²) in [7, 11) is 0. The van der Waals surface area contributed by atoms with Crippen LogP contribution in [0.4, 0.5) is 0 Å². The minimum Gasteiger partial charge on any atom is -0.481 e. The third-order valence-electron chi connectivity index (χ3n) is 4.19. The second-order valence-electron chi connectivity index (χ2n) is 7.33. The SMILES string of the molecule is CC(C)Cc1ccc(-c2ccc(C(C)(C)CC(=O)O)cc2)cc1. The zero-order valence-electron chi connectivity index (χ0n) is 14.5. The van der Waals surface area contributed by atoms with Gasteiger partial charge in [0.05, 0.1) is 6.42 Å². The van der Waals surface area contributed by atoms with Crippen LogP contribution in [-0.2, 0) is 16.6 Å². The van der Waals surface area contributed by atoms with E-state index in [1.807, 2.05) is 26.0 Å². The molecule has 0 amide bonds. The van der Waals surface area contributed by atoms with Gasteiger partial charge in [0.1, 0.15) is 0 Å². The van der Waals surface area contributed by atoms with Crippen LogP contribution in [0.15, 0.2) is 48.5 Å². The maximum absolute atomic E-state index is 11.0. The number of rotatable bonds is 6. The number of aliphatic carboxylic acids is 1. The fourth-order valence-corrected chi connectivity index (χ4v) is 2.90. The molecule has 0 saturated carbocycles. The highest BCUT2D eigenvalue weighted by atomic mass is 16.4. The molecule has 0 aliphatic carbocycles. The van der Waals surface area contributed by atoms with Crippen LogP contribution in [0.25, 0.3) is 11.1 Å². The summed E-state index contributed by atoms with van der Waals surface area (Å²) in [6, 6.07) is 17.0. The van der Waals surface area contributed by atoms with Crippen LogP contribution in [-0.4, -0.2) is 11.1 Å². The molecular formula is C21H26O2. The van der Waals surface area contributed by atoms with Crippen molar-refractivity contribution in [2.24, 2.45) is 5.92 Å². The molecule has 2 nitrogen and oxygen atoms in total. The van der Waals surface area contributed by atoms with E-state index in [-0.39, 0.29) is 11.8 Å². The predicted molar refractivity (Wildman–Crippen MR) is 95.7 cm³/mol. The maximum atomic E-state index is 11.0. The van der Waals surface area contributed by atoms with Gasteiger partial charge in [-0.05, 0) is 34.6 Å². The summed E-state index contributed by atoms with van der Waals surface area (Å²) in [6.45, 7) is 8.39. The van der Waals surface area contributed by atoms with Crippen LogP contribution >= 0.6 is 0 Å². The quantitative estimate of drug-likeness (QED) is 0.785. The Hall–Kier alpha value is -2.09. The van der Waals surface area contributed by atoms with Gasteiger partial charge < -0.3 is 5.11 Å². The largest absolute Gasteiger partial charge is 0.481 e. The van der Waals surface area contributed by atoms with E-state index in [1.54, 1.807) is 0 Å². The van der Waals surface area contributed by atoms with Crippen molar-refractivity contribution in [3.8, 4) is 11.1 Å². The maximum Gasteiger partial charge on any atom is 0.304 e. The summed E-state index contributed by atoms with van der Waals surface area (Å²) >= 11 is 0. The van der Waals surface area contributed by atoms with E-state index in [2.05, 4.69) is 50.2 Å². The van der Waals surface area contributed by atoms with Crippen molar-refractivity contribution < 1.29 is 9.90 Å². The average molecular weight is 310 g/mol. The highest BCUT2D eigenvalue weighted by Gasteiger charge is 2.23. The molecule has 0 fully saturated rings. The third-order valence-corrected chi connectivity index (χ3v) is 4.19. The molecule has 1 N–H and O–H groups in total. The average Bonchev–Trinajstić information content (AvgIpc) is 2.46. The number of carbonyl (C=O) groups is 1. The minimum atomic E-state index is -0.764. The first kappa shape index (κ1) is 17.3. The molecule has 0 atom stereocenters. The van der Waals surface area contributed by atoms with Crippen LogP contribution in [0, 0.1) is 5.92 Å². The van der Waals surface area contributed by atoms with Crippen molar-refractivity contribution in [1.29, 1.82) is 0 Å². The van der Waals surface area contributed by atoms with Gasteiger partial charge in [0.25, 0.3) is 0 Å². The first-order valence-corrected chi connectivity index (χ1v) is 8.19. The van der Waals surface area contributed by atoms with Crippen molar-refractivity contribution >= 4 is 5.97 Å². The molecule has 2 heteroatoms. The Morgan fingerprint density at radius 1 is 0.957 bits per heavy atom. The fourth-order valence-electron chi connectivity index (χ4n) is 2.90. The fraction of sp³-hybridized carbons (Fsp3) is 0.381. The molecule has 23 heavy (non-hydrogen) atoms. The zero-order chi connectivity index (χ0) is 17.0. The molecule has 0 saturated heterocycles. The molecule has 0 aromatic heterocycles. The van der Waals surface area contributed by atoms with Crippen molar-refractivity contribution in [3.63, 3.8) is 0 Å². The lowest BCUT2D eigenvalue weighted by Gasteiger charge is -2.23. The van der Waals surface area contributed by atoms with E-state index in [0.717, 1.165) is 17.5 Å². The van der Waals surface area contributed by atoms with E-state index < -0.39 is 5.97 Å². The number of carboxylic acid groups (broad SMARTS) is 1. The topological polar surface area (TPSA) is 37.3 Å². The lowest BCUT2D eigenvalue weighted by atomic mass is 9.81. The molecule has 0 radical (unpaired) electrons. The van der Waals surface area contributed by atoms with E-state index in [0.29, 0.717) is 5.92 Å². The summed E-state index contributed by atoms with van der Waals surface area (Å²) in [4.78, 5) is 11.0. The molecular weight excluding hydrogens is 284 g/mol. The summed E-state index contributed by atoms with van der Waals surface area (Å²) in [5.74, 6) is -0.101. The van der Waals surface area contributed by atoms with Crippen LogP contribution in [0.3, 0.4) is 0 Å². The van der Waals surface area contributed by atoms with Gasteiger partial charge in [-0.1, -0.05) is 76.2 Å².